The molecule has 6 nitrogen and oxygen atoms in total. The fraction of sp³-hybridized carbons (Fsp3) is 0.294. The number of sulfonamides is 1. The lowest BCUT2D eigenvalue weighted by Crippen LogP contribution is -2.27. The first-order valence-electron chi connectivity index (χ1n) is 7.78. The first-order valence-corrected chi connectivity index (χ1v) is 9.43. The van der Waals surface area contributed by atoms with Crippen molar-refractivity contribution in [3.05, 3.63) is 59.9 Å². The molecule has 1 aromatic carbocycles. The molecule has 2 N–H and O–H groups in total. The third kappa shape index (κ3) is 5.34. The number of amides is 1. The molecule has 24 heavy (non-hydrogen) atoms. The molecule has 1 amide bonds. The lowest BCUT2D eigenvalue weighted by atomic mass is 10.1. The largest absolute Gasteiger partial charge is 0.352 e. The predicted molar refractivity (Wildman–Crippen MR) is 94.4 cm³/mol. The molecule has 0 spiro atoms. The van der Waals surface area contributed by atoms with Crippen LogP contribution in [-0.4, -0.2) is 31.6 Å². The number of anilines is 1. The van der Waals surface area contributed by atoms with Gasteiger partial charge in [0.05, 0.1) is 17.0 Å². The van der Waals surface area contributed by atoms with Crippen molar-refractivity contribution in [2.45, 2.75) is 19.8 Å². The fourth-order valence-corrected chi connectivity index (χ4v) is 3.37. The van der Waals surface area contributed by atoms with Crippen molar-refractivity contribution in [1.82, 2.24) is 10.3 Å². The summed E-state index contributed by atoms with van der Waals surface area (Å²) in [7, 11) is -3.44. The highest BCUT2D eigenvalue weighted by molar-refractivity contribution is 7.92. The summed E-state index contributed by atoms with van der Waals surface area (Å²) in [6.07, 6.45) is 4.61. The summed E-state index contributed by atoms with van der Waals surface area (Å²) in [5.41, 5.74) is 1.63. The van der Waals surface area contributed by atoms with Crippen molar-refractivity contribution in [2.24, 2.45) is 0 Å². The van der Waals surface area contributed by atoms with E-state index in [2.05, 4.69) is 15.0 Å². The summed E-state index contributed by atoms with van der Waals surface area (Å²) in [6, 6.07) is 10.4. The zero-order valence-electron chi connectivity index (χ0n) is 13.5. The molecular weight excluding hydrogens is 326 g/mol. The summed E-state index contributed by atoms with van der Waals surface area (Å²) in [5.74, 6) is -0.294. The van der Waals surface area contributed by atoms with E-state index < -0.39 is 10.0 Å². The Balaban J connectivity index is 2.01. The van der Waals surface area contributed by atoms with Crippen LogP contribution in [-0.2, 0) is 16.4 Å². The van der Waals surface area contributed by atoms with Crippen molar-refractivity contribution >= 4 is 21.6 Å². The quantitative estimate of drug-likeness (QED) is 0.766. The Kier molecular flexibility index (Phi) is 6.31. The van der Waals surface area contributed by atoms with Crippen LogP contribution in [0.2, 0.25) is 0 Å². The number of hydrogen-bond donors (Lipinski definition) is 2. The van der Waals surface area contributed by atoms with E-state index in [4.69, 9.17) is 0 Å². The number of carbonyl (C=O) groups is 1. The number of pyridine rings is 1. The first kappa shape index (κ1) is 17.9. The van der Waals surface area contributed by atoms with Gasteiger partial charge in [-0.05, 0) is 36.6 Å². The minimum atomic E-state index is -3.44. The summed E-state index contributed by atoms with van der Waals surface area (Å²) in [5, 5.41) is 2.80. The molecule has 128 valence electrons. The lowest BCUT2D eigenvalue weighted by Gasteiger charge is -2.12. The van der Waals surface area contributed by atoms with Gasteiger partial charge in [-0.15, -0.1) is 0 Å². The van der Waals surface area contributed by atoms with Crippen molar-refractivity contribution in [2.75, 3.05) is 17.0 Å². The van der Waals surface area contributed by atoms with Gasteiger partial charge < -0.3 is 5.32 Å². The van der Waals surface area contributed by atoms with Crippen LogP contribution in [0.3, 0.4) is 0 Å². The molecule has 0 aliphatic heterocycles. The maximum absolute atomic E-state index is 12.3. The molecule has 0 aliphatic carbocycles. The van der Waals surface area contributed by atoms with Crippen LogP contribution >= 0.6 is 0 Å². The Morgan fingerprint density at radius 3 is 2.67 bits per heavy atom. The standard InChI is InChI=1S/C17H21N3O3S/c1-2-12-24(22,23)20-16-8-4-3-7-15(16)17(21)19-11-9-14-6-5-10-18-13-14/h3-8,10,13,20H,2,9,11-12H2,1H3,(H,19,21). The number of hydrogen-bond acceptors (Lipinski definition) is 4. The topological polar surface area (TPSA) is 88.2 Å². The number of para-hydroxylation sites is 1. The van der Waals surface area contributed by atoms with Gasteiger partial charge in [-0.2, -0.15) is 0 Å². The van der Waals surface area contributed by atoms with E-state index in [9.17, 15) is 13.2 Å². The normalized spacial score (nSPS) is 11.0. The Morgan fingerprint density at radius 2 is 1.96 bits per heavy atom. The molecule has 0 aliphatic rings. The highest BCUT2D eigenvalue weighted by Crippen LogP contribution is 2.17. The molecule has 2 aromatic rings. The van der Waals surface area contributed by atoms with Gasteiger partial charge in [0, 0.05) is 18.9 Å². The van der Waals surface area contributed by atoms with Crippen LogP contribution in [0.25, 0.3) is 0 Å². The number of rotatable bonds is 8. The minimum absolute atomic E-state index is 0.0178. The molecule has 1 heterocycles. The minimum Gasteiger partial charge on any atom is -0.352 e. The number of nitrogens with zero attached hydrogens (tertiary/aromatic N) is 1. The Labute approximate surface area is 142 Å². The van der Waals surface area contributed by atoms with Crippen LogP contribution in [0.4, 0.5) is 5.69 Å². The van der Waals surface area contributed by atoms with Crippen molar-refractivity contribution < 1.29 is 13.2 Å². The van der Waals surface area contributed by atoms with E-state index in [1.54, 1.807) is 43.6 Å². The smallest absolute Gasteiger partial charge is 0.253 e. The van der Waals surface area contributed by atoms with E-state index in [0.717, 1.165) is 5.56 Å². The summed E-state index contributed by atoms with van der Waals surface area (Å²) < 4.78 is 26.3. The second-order valence-corrected chi connectivity index (χ2v) is 7.18. The SMILES string of the molecule is CCCS(=O)(=O)Nc1ccccc1C(=O)NCCc1cccnc1. The fourth-order valence-electron chi connectivity index (χ4n) is 2.22. The van der Waals surface area contributed by atoms with Crippen LogP contribution in [0.1, 0.15) is 29.3 Å². The Morgan fingerprint density at radius 1 is 1.17 bits per heavy atom. The molecule has 0 atom stereocenters. The average Bonchev–Trinajstić information content (AvgIpc) is 2.55. The summed E-state index contributed by atoms with van der Waals surface area (Å²) >= 11 is 0. The van der Waals surface area contributed by atoms with Gasteiger partial charge >= 0.3 is 0 Å². The number of aromatic nitrogens is 1. The maximum Gasteiger partial charge on any atom is 0.253 e. The van der Waals surface area contributed by atoms with Gasteiger partial charge in [0.2, 0.25) is 10.0 Å². The third-order valence-corrected chi connectivity index (χ3v) is 4.81. The van der Waals surface area contributed by atoms with Gasteiger partial charge in [0.25, 0.3) is 5.91 Å². The van der Waals surface area contributed by atoms with Gasteiger partial charge in [0.15, 0.2) is 0 Å². The zero-order chi connectivity index (χ0) is 17.4. The lowest BCUT2D eigenvalue weighted by molar-refractivity contribution is 0.0955. The molecule has 0 fully saturated rings. The van der Waals surface area contributed by atoms with Crippen LogP contribution < -0.4 is 10.0 Å². The highest BCUT2D eigenvalue weighted by atomic mass is 32.2. The Bertz CT molecular complexity index is 777. The molecule has 0 radical (unpaired) electrons. The van der Waals surface area contributed by atoms with E-state index in [1.807, 2.05) is 12.1 Å². The summed E-state index contributed by atoms with van der Waals surface area (Å²) in [6.45, 7) is 2.23. The zero-order valence-corrected chi connectivity index (χ0v) is 14.3. The number of nitrogens with one attached hydrogen (secondary N) is 2. The van der Waals surface area contributed by atoms with Crippen LogP contribution in [0.5, 0.6) is 0 Å². The van der Waals surface area contributed by atoms with Crippen molar-refractivity contribution in [3.8, 4) is 0 Å². The molecule has 2 rings (SSSR count). The molecule has 0 unspecified atom stereocenters. The molecule has 0 saturated heterocycles. The van der Waals surface area contributed by atoms with Crippen LogP contribution in [0.15, 0.2) is 48.8 Å². The predicted octanol–water partition coefficient (Wildman–Crippen LogP) is 2.21. The van der Waals surface area contributed by atoms with Gasteiger partial charge in [0.1, 0.15) is 0 Å². The van der Waals surface area contributed by atoms with Gasteiger partial charge in [-0.25, -0.2) is 8.42 Å². The van der Waals surface area contributed by atoms with E-state index in [0.29, 0.717) is 30.6 Å². The first-order chi connectivity index (χ1) is 11.5. The second-order valence-electron chi connectivity index (χ2n) is 5.33. The van der Waals surface area contributed by atoms with Gasteiger partial charge in [-0.3, -0.25) is 14.5 Å². The summed E-state index contributed by atoms with van der Waals surface area (Å²) in [4.78, 5) is 16.4. The number of benzene rings is 1. The monoisotopic (exact) mass is 347 g/mol. The molecule has 0 saturated carbocycles. The van der Waals surface area contributed by atoms with Crippen molar-refractivity contribution in [3.63, 3.8) is 0 Å². The van der Waals surface area contributed by atoms with E-state index in [-0.39, 0.29) is 11.7 Å². The second kappa shape index (κ2) is 8.44. The molecular formula is C17H21N3O3S. The van der Waals surface area contributed by atoms with Crippen molar-refractivity contribution in [1.29, 1.82) is 0 Å². The van der Waals surface area contributed by atoms with E-state index >= 15 is 0 Å². The Hall–Kier alpha value is -2.41. The molecule has 7 heteroatoms. The number of carbonyl (C=O) groups excluding carboxylic acids is 1. The molecule has 1 aromatic heterocycles. The highest BCUT2D eigenvalue weighted by Gasteiger charge is 2.15. The average molecular weight is 347 g/mol. The van der Waals surface area contributed by atoms with E-state index in [1.165, 1.54) is 0 Å². The van der Waals surface area contributed by atoms with Gasteiger partial charge in [-0.1, -0.05) is 25.1 Å². The maximum atomic E-state index is 12.3. The molecule has 0 bridgehead atoms. The van der Waals surface area contributed by atoms with Crippen LogP contribution in [0, 0.1) is 0 Å². The third-order valence-electron chi connectivity index (χ3n) is 3.33.